The third kappa shape index (κ3) is 12.9. The van der Waals surface area contributed by atoms with Crippen LogP contribution in [0, 0.1) is 0 Å². The first-order chi connectivity index (χ1) is 8.99. The molecule has 0 radical (unpaired) electrons. The highest BCUT2D eigenvalue weighted by Crippen LogP contribution is 2.68. The van der Waals surface area contributed by atoms with E-state index in [1.54, 1.807) is 11.4 Å². The summed E-state index contributed by atoms with van der Waals surface area (Å²) in [6, 6.07) is 0. The molecule has 0 aromatic carbocycles. The summed E-state index contributed by atoms with van der Waals surface area (Å²) in [5.41, 5.74) is 0. The fourth-order valence-electron chi connectivity index (χ4n) is 1.19. The van der Waals surface area contributed by atoms with Gasteiger partial charge in [0.2, 0.25) is 24.6 Å². The van der Waals surface area contributed by atoms with Gasteiger partial charge in [0.05, 0.1) is 0 Å². The number of nitrogens with zero attached hydrogens (tertiary/aromatic N) is 2. The van der Waals surface area contributed by atoms with Gasteiger partial charge in [0.15, 0.2) is 0 Å². The van der Waals surface area contributed by atoms with Gasteiger partial charge in [-0.25, -0.2) is 0 Å². The standard InChI is InChI=1S/C8H17Cl5N2P3S/c1-2-3-4-5-6-7-8-19-18(13)14-17(12)15(9)16(10)11/h2-8H2,1H3/q+1. The van der Waals surface area contributed by atoms with Gasteiger partial charge in [-0.1, -0.05) is 84.1 Å². The Morgan fingerprint density at radius 2 is 1.68 bits per heavy atom. The first-order valence-corrected chi connectivity index (χ1v) is 15.2. The Bertz CT molecular complexity index is 263. The number of rotatable bonds is 11. The Balaban J connectivity index is 3.69. The van der Waals surface area contributed by atoms with Crippen LogP contribution in [0.2, 0.25) is 0 Å². The van der Waals surface area contributed by atoms with Gasteiger partial charge in [0.1, 0.15) is 0 Å². The molecular formula is C8H17Cl5N2P3S+. The second-order valence-corrected chi connectivity index (χ2v) is 15.0. The summed E-state index contributed by atoms with van der Waals surface area (Å²) in [6.45, 7) is -0.276. The third-order valence-corrected chi connectivity index (χ3v) is 13.3. The van der Waals surface area contributed by atoms with E-state index in [1.165, 1.54) is 32.1 Å². The highest BCUT2D eigenvalue weighted by Gasteiger charge is 2.30. The van der Waals surface area contributed by atoms with E-state index < -0.39 is 20.6 Å². The molecule has 0 fully saturated rings. The molecule has 0 rings (SSSR count). The number of hydrogen-bond donors (Lipinski definition) is 0. The molecule has 0 aromatic rings. The van der Waals surface area contributed by atoms with Crippen LogP contribution in [-0.2, 0) is 0 Å². The van der Waals surface area contributed by atoms with Crippen LogP contribution in [0.3, 0.4) is 0 Å². The van der Waals surface area contributed by atoms with E-state index in [2.05, 4.69) is 11.4 Å². The maximum atomic E-state index is 6.12. The van der Waals surface area contributed by atoms with Crippen LogP contribution in [0.4, 0.5) is 0 Å². The average Bonchev–Trinajstić information content (AvgIpc) is 2.36. The minimum absolute atomic E-state index is 1.00. The van der Waals surface area contributed by atoms with Gasteiger partial charge in [0.25, 0.3) is 0 Å². The van der Waals surface area contributed by atoms with Crippen LogP contribution in [-0.4, -0.2) is 9.71 Å². The predicted molar refractivity (Wildman–Crippen MR) is 100 cm³/mol. The Morgan fingerprint density at radius 3 is 2.26 bits per heavy atom. The molecule has 0 aliphatic heterocycles. The van der Waals surface area contributed by atoms with Gasteiger partial charge < -0.3 is 0 Å². The SMILES string of the molecule is CCCCCCCCSP(Cl)N=[P+](Cl)N(Cl)P(Cl)Cl. The van der Waals surface area contributed by atoms with Crippen molar-refractivity contribution >= 4 is 88.7 Å². The zero-order chi connectivity index (χ0) is 14.7. The van der Waals surface area contributed by atoms with Gasteiger partial charge in [-0.3, -0.25) is 0 Å². The molecule has 2 unspecified atom stereocenters. The molecule has 2 nitrogen and oxygen atoms in total. The maximum absolute atomic E-state index is 6.12. The Morgan fingerprint density at radius 1 is 1.11 bits per heavy atom. The summed E-state index contributed by atoms with van der Waals surface area (Å²) < 4.78 is 5.36. The predicted octanol–water partition coefficient (Wildman–Crippen LogP) is 9.44. The minimum Gasteiger partial charge on any atom is -0.0909 e. The lowest BCUT2D eigenvalue weighted by Crippen LogP contribution is -1.81. The quantitative estimate of drug-likeness (QED) is 0.179. The van der Waals surface area contributed by atoms with E-state index in [0.717, 1.165) is 16.1 Å². The van der Waals surface area contributed by atoms with Crippen molar-refractivity contribution in [1.82, 2.24) is 3.96 Å². The fraction of sp³-hybridized carbons (Fsp3) is 1.00. The van der Waals surface area contributed by atoms with Crippen LogP contribution < -0.4 is 0 Å². The Hall–Kier alpha value is 2.72. The minimum atomic E-state index is -1.47. The van der Waals surface area contributed by atoms with Crippen molar-refractivity contribution in [2.45, 2.75) is 45.4 Å². The van der Waals surface area contributed by atoms with Gasteiger partial charge in [0, 0.05) is 21.5 Å². The largest absolute Gasteiger partial charge is 0.446 e. The zero-order valence-electron chi connectivity index (χ0n) is 10.5. The molecule has 0 aromatic heterocycles. The van der Waals surface area contributed by atoms with Crippen molar-refractivity contribution in [1.29, 1.82) is 0 Å². The van der Waals surface area contributed by atoms with Crippen molar-refractivity contribution in [3.63, 3.8) is 0 Å². The Labute approximate surface area is 147 Å². The van der Waals surface area contributed by atoms with E-state index in [0.29, 0.717) is 0 Å². The fourth-order valence-corrected chi connectivity index (χ4v) is 10.4. The molecule has 11 heteroatoms. The van der Waals surface area contributed by atoms with E-state index in [1.807, 2.05) is 0 Å². The number of halogens is 5. The zero-order valence-corrected chi connectivity index (χ0v) is 17.8. The first kappa shape index (κ1) is 21.7. The van der Waals surface area contributed by atoms with Gasteiger partial charge in [-0.05, 0) is 10.9 Å². The first-order valence-electron chi connectivity index (χ1n) is 5.82. The maximum Gasteiger partial charge on any atom is 0.446 e. The van der Waals surface area contributed by atoms with Crippen molar-refractivity contribution in [3.8, 4) is 0 Å². The Kier molecular flexibility index (Phi) is 16.4. The van der Waals surface area contributed by atoms with Crippen LogP contribution in [0.5, 0.6) is 0 Å². The smallest absolute Gasteiger partial charge is 0.0909 e. The topological polar surface area (TPSA) is 15.6 Å². The molecule has 0 aliphatic rings. The summed E-state index contributed by atoms with van der Waals surface area (Å²) in [5, 5.41) is 0. The molecule has 19 heavy (non-hydrogen) atoms. The lowest BCUT2D eigenvalue weighted by molar-refractivity contribution is 0.627. The molecule has 0 amide bonds. The van der Waals surface area contributed by atoms with Crippen molar-refractivity contribution in [2.75, 3.05) is 5.75 Å². The molecule has 114 valence electrons. The van der Waals surface area contributed by atoms with E-state index in [4.69, 9.17) is 56.7 Å². The van der Waals surface area contributed by atoms with Crippen LogP contribution in [0.15, 0.2) is 4.52 Å². The van der Waals surface area contributed by atoms with Crippen molar-refractivity contribution < 1.29 is 0 Å². The van der Waals surface area contributed by atoms with Crippen LogP contribution in [0.25, 0.3) is 0 Å². The number of unbranched alkanes of at least 4 members (excludes halogenated alkanes) is 5. The van der Waals surface area contributed by atoms with Crippen LogP contribution in [0.1, 0.15) is 45.4 Å². The second-order valence-electron chi connectivity index (χ2n) is 3.61. The normalized spacial score (nSPS) is 14.4. The summed E-state index contributed by atoms with van der Waals surface area (Å²) in [5.74, 6) is 1.00. The summed E-state index contributed by atoms with van der Waals surface area (Å²) in [7, 11) is -1.42. The van der Waals surface area contributed by atoms with Crippen LogP contribution >= 0.6 is 88.7 Å². The lowest BCUT2D eigenvalue weighted by atomic mass is 10.1. The van der Waals surface area contributed by atoms with Crippen molar-refractivity contribution in [3.05, 3.63) is 0 Å². The summed E-state index contributed by atoms with van der Waals surface area (Å²) in [4.78, 5) is 0. The third-order valence-electron chi connectivity index (χ3n) is 2.10. The molecule has 0 N–H and O–H groups in total. The van der Waals surface area contributed by atoms with Gasteiger partial charge >= 0.3 is 7.22 Å². The number of hydrogen-bond acceptors (Lipinski definition) is 2. The molecule has 0 aliphatic carbocycles. The lowest BCUT2D eigenvalue weighted by Gasteiger charge is -2.02. The molecule has 0 saturated carbocycles. The summed E-state index contributed by atoms with van der Waals surface area (Å²) in [6.07, 6.45) is 7.64. The molecule has 2 atom stereocenters. The summed E-state index contributed by atoms with van der Waals surface area (Å²) >= 11 is 30.8. The van der Waals surface area contributed by atoms with E-state index in [9.17, 15) is 0 Å². The van der Waals surface area contributed by atoms with E-state index in [-0.39, 0.29) is 0 Å². The second kappa shape index (κ2) is 14.3. The molecular weight excluding hydrogens is 426 g/mol. The molecule has 0 bridgehead atoms. The van der Waals surface area contributed by atoms with Gasteiger partial charge in [-0.15, -0.1) is 0 Å². The van der Waals surface area contributed by atoms with E-state index >= 15 is 0 Å². The van der Waals surface area contributed by atoms with Gasteiger partial charge in [-0.2, -0.15) is 0 Å². The molecule has 0 heterocycles. The van der Waals surface area contributed by atoms with Crippen molar-refractivity contribution in [2.24, 2.45) is 4.52 Å². The highest BCUT2D eigenvalue weighted by molar-refractivity contribution is 8.62. The molecule has 0 saturated heterocycles. The monoisotopic (exact) mass is 441 g/mol. The average molecular weight is 443 g/mol. The highest BCUT2D eigenvalue weighted by atomic mass is 35.9. The molecule has 0 spiro atoms.